The number of hydrogen-bond acceptors (Lipinski definition) is 8. The molecule has 0 bridgehead atoms. The molecule has 0 spiro atoms. The number of ether oxygens (including phenoxy) is 2. The third kappa shape index (κ3) is 5.27. The molecule has 0 saturated carbocycles. The van der Waals surface area contributed by atoms with Crippen LogP contribution in [0.2, 0.25) is 0 Å². The smallest absolute Gasteiger partial charge is 0.322 e. The predicted octanol–water partition coefficient (Wildman–Crippen LogP) is 2.53. The van der Waals surface area contributed by atoms with E-state index < -0.39 is 0 Å². The lowest BCUT2D eigenvalue weighted by molar-refractivity contribution is -0.142. The Morgan fingerprint density at radius 1 is 1.06 bits per heavy atom. The Morgan fingerprint density at radius 2 is 1.85 bits per heavy atom. The molecular formula is C24H25N5O4. The first kappa shape index (κ1) is 22.2. The first-order valence-corrected chi connectivity index (χ1v) is 10.5. The van der Waals surface area contributed by atoms with Crippen molar-refractivity contribution in [3.05, 3.63) is 66.5 Å². The van der Waals surface area contributed by atoms with Gasteiger partial charge in [0.25, 0.3) is 5.91 Å². The van der Waals surface area contributed by atoms with Crippen LogP contribution in [-0.4, -0.2) is 54.7 Å². The van der Waals surface area contributed by atoms with Crippen molar-refractivity contribution in [3.8, 4) is 17.0 Å². The summed E-state index contributed by atoms with van der Waals surface area (Å²) in [5.74, 6) is 0.835. The number of nitrogens with zero attached hydrogens (tertiary/aromatic N) is 2. The predicted molar refractivity (Wildman–Crippen MR) is 123 cm³/mol. The minimum Gasteiger partial charge on any atom is -0.496 e. The first-order chi connectivity index (χ1) is 16.1. The highest BCUT2D eigenvalue weighted by atomic mass is 16.5. The highest BCUT2D eigenvalue weighted by Gasteiger charge is 2.31. The number of carbonyl (C=O) groups is 2. The minimum absolute atomic E-state index is 0.131. The van der Waals surface area contributed by atoms with E-state index >= 15 is 0 Å². The third-order valence-corrected chi connectivity index (χ3v) is 5.42. The van der Waals surface area contributed by atoms with Gasteiger partial charge in [0.1, 0.15) is 23.9 Å². The number of benzene rings is 2. The SMILES string of the molecule is COC(=O)[C@@H]1C[C@H](NC(=O)c2ccc(Nc3cc(-c4ccccc4OC)ncn3)cc2)CN1. The maximum absolute atomic E-state index is 12.6. The van der Waals surface area contributed by atoms with Crippen LogP contribution >= 0.6 is 0 Å². The number of para-hydroxylation sites is 1. The molecule has 0 aliphatic carbocycles. The summed E-state index contributed by atoms with van der Waals surface area (Å²) >= 11 is 0. The lowest BCUT2D eigenvalue weighted by Crippen LogP contribution is -2.36. The molecule has 3 aromatic rings. The van der Waals surface area contributed by atoms with Gasteiger partial charge in [-0.25, -0.2) is 9.97 Å². The van der Waals surface area contributed by atoms with Crippen LogP contribution in [0.4, 0.5) is 11.5 Å². The van der Waals surface area contributed by atoms with Crippen LogP contribution in [-0.2, 0) is 9.53 Å². The van der Waals surface area contributed by atoms with Crippen molar-refractivity contribution < 1.29 is 19.1 Å². The van der Waals surface area contributed by atoms with Gasteiger partial charge in [-0.15, -0.1) is 0 Å². The molecule has 2 atom stereocenters. The zero-order chi connectivity index (χ0) is 23.2. The first-order valence-electron chi connectivity index (χ1n) is 10.5. The molecule has 1 aromatic heterocycles. The van der Waals surface area contributed by atoms with Crippen molar-refractivity contribution >= 4 is 23.4 Å². The molecule has 33 heavy (non-hydrogen) atoms. The number of rotatable bonds is 7. The van der Waals surface area contributed by atoms with E-state index in [0.29, 0.717) is 24.3 Å². The van der Waals surface area contributed by atoms with E-state index in [1.807, 2.05) is 42.5 Å². The zero-order valence-electron chi connectivity index (χ0n) is 18.4. The molecule has 1 fully saturated rings. The molecule has 1 saturated heterocycles. The van der Waals surface area contributed by atoms with Crippen molar-refractivity contribution in [2.24, 2.45) is 0 Å². The number of esters is 1. The number of hydrogen-bond donors (Lipinski definition) is 3. The number of methoxy groups -OCH3 is 2. The van der Waals surface area contributed by atoms with Gasteiger partial charge in [-0.1, -0.05) is 12.1 Å². The minimum atomic E-state index is -0.388. The quantitative estimate of drug-likeness (QED) is 0.474. The fourth-order valence-corrected chi connectivity index (χ4v) is 3.72. The Hall–Kier alpha value is -3.98. The molecule has 1 aliphatic heterocycles. The van der Waals surface area contributed by atoms with E-state index in [2.05, 4.69) is 25.9 Å². The lowest BCUT2D eigenvalue weighted by Gasteiger charge is -2.13. The molecule has 4 rings (SSSR count). The Bertz CT molecular complexity index is 1140. The lowest BCUT2D eigenvalue weighted by atomic mass is 10.1. The monoisotopic (exact) mass is 447 g/mol. The van der Waals surface area contributed by atoms with Crippen LogP contribution in [0.15, 0.2) is 60.9 Å². The molecule has 170 valence electrons. The molecule has 3 N–H and O–H groups in total. The molecule has 0 radical (unpaired) electrons. The third-order valence-electron chi connectivity index (χ3n) is 5.42. The molecule has 1 aliphatic rings. The van der Waals surface area contributed by atoms with Crippen LogP contribution in [0.3, 0.4) is 0 Å². The topological polar surface area (TPSA) is 114 Å². The van der Waals surface area contributed by atoms with Crippen LogP contribution in [0, 0.1) is 0 Å². The Morgan fingerprint density at radius 3 is 2.61 bits per heavy atom. The van der Waals surface area contributed by atoms with Gasteiger partial charge in [-0.05, 0) is 42.8 Å². The number of amides is 1. The maximum Gasteiger partial charge on any atom is 0.322 e. The van der Waals surface area contributed by atoms with Crippen LogP contribution in [0.5, 0.6) is 5.75 Å². The molecule has 2 aromatic carbocycles. The van der Waals surface area contributed by atoms with Crippen LogP contribution in [0.1, 0.15) is 16.8 Å². The largest absolute Gasteiger partial charge is 0.496 e. The number of aromatic nitrogens is 2. The molecule has 0 unspecified atom stereocenters. The van der Waals surface area contributed by atoms with Gasteiger partial charge in [0.15, 0.2) is 0 Å². The summed E-state index contributed by atoms with van der Waals surface area (Å²) in [6.45, 7) is 0.521. The Kier molecular flexibility index (Phi) is 6.80. The molecule has 1 amide bonds. The average molecular weight is 447 g/mol. The highest BCUT2D eigenvalue weighted by Crippen LogP contribution is 2.29. The van der Waals surface area contributed by atoms with E-state index in [4.69, 9.17) is 9.47 Å². The van der Waals surface area contributed by atoms with Crippen molar-refractivity contribution in [2.75, 3.05) is 26.1 Å². The summed E-state index contributed by atoms with van der Waals surface area (Å²) in [6, 6.07) is 16.1. The Balaban J connectivity index is 1.39. The van der Waals surface area contributed by atoms with Gasteiger partial charge in [-0.3, -0.25) is 9.59 Å². The molecule has 9 nitrogen and oxygen atoms in total. The summed E-state index contributed by atoms with van der Waals surface area (Å²) in [6.07, 6.45) is 1.99. The number of carbonyl (C=O) groups excluding carboxylic acids is 2. The second-order valence-corrected chi connectivity index (χ2v) is 7.58. The van der Waals surface area contributed by atoms with E-state index in [9.17, 15) is 9.59 Å². The second-order valence-electron chi connectivity index (χ2n) is 7.58. The Labute approximate surface area is 191 Å². The number of nitrogens with one attached hydrogen (secondary N) is 3. The van der Waals surface area contributed by atoms with E-state index in [1.54, 1.807) is 19.2 Å². The fourth-order valence-electron chi connectivity index (χ4n) is 3.72. The average Bonchev–Trinajstić information content (AvgIpc) is 3.32. The summed E-state index contributed by atoms with van der Waals surface area (Å²) in [5.41, 5.74) is 2.91. The standard InChI is InChI=1S/C24H25N5O4/c1-32-21-6-4-3-5-18(21)19-12-22(27-14-26-19)28-16-9-7-15(8-10-16)23(30)29-17-11-20(25-13-17)24(31)33-2/h3-10,12,14,17,20,25H,11,13H2,1-2H3,(H,29,30)(H,26,27,28)/t17-,20-/m0/s1. The van der Waals surface area contributed by atoms with Crippen molar-refractivity contribution in [1.29, 1.82) is 0 Å². The van der Waals surface area contributed by atoms with Gasteiger partial charge in [0.2, 0.25) is 0 Å². The normalized spacial score (nSPS) is 17.3. The van der Waals surface area contributed by atoms with Gasteiger partial charge in [0, 0.05) is 35.5 Å². The maximum atomic E-state index is 12.6. The van der Waals surface area contributed by atoms with Crippen LogP contribution < -0.4 is 20.7 Å². The summed E-state index contributed by atoms with van der Waals surface area (Å²) < 4.78 is 10.2. The summed E-state index contributed by atoms with van der Waals surface area (Å²) in [5, 5.41) is 9.23. The van der Waals surface area contributed by atoms with E-state index in [0.717, 1.165) is 22.7 Å². The van der Waals surface area contributed by atoms with Gasteiger partial charge >= 0.3 is 5.97 Å². The second kappa shape index (κ2) is 10.1. The van der Waals surface area contributed by atoms with Gasteiger partial charge < -0.3 is 25.4 Å². The molecular weight excluding hydrogens is 422 g/mol. The van der Waals surface area contributed by atoms with Crippen molar-refractivity contribution in [2.45, 2.75) is 18.5 Å². The summed E-state index contributed by atoms with van der Waals surface area (Å²) in [4.78, 5) is 32.8. The number of anilines is 2. The van der Waals surface area contributed by atoms with Crippen molar-refractivity contribution in [3.63, 3.8) is 0 Å². The molecule has 9 heteroatoms. The van der Waals surface area contributed by atoms with Gasteiger partial charge in [0.05, 0.1) is 19.9 Å². The van der Waals surface area contributed by atoms with E-state index in [1.165, 1.54) is 13.4 Å². The van der Waals surface area contributed by atoms with Crippen LogP contribution in [0.25, 0.3) is 11.3 Å². The summed E-state index contributed by atoms with van der Waals surface area (Å²) in [7, 11) is 2.98. The zero-order valence-corrected chi connectivity index (χ0v) is 18.4. The highest BCUT2D eigenvalue weighted by molar-refractivity contribution is 5.95. The van der Waals surface area contributed by atoms with E-state index in [-0.39, 0.29) is 24.0 Å². The van der Waals surface area contributed by atoms with Crippen molar-refractivity contribution in [1.82, 2.24) is 20.6 Å². The fraction of sp³-hybridized carbons (Fsp3) is 0.250. The molecule has 2 heterocycles. The van der Waals surface area contributed by atoms with Gasteiger partial charge in [-0.2, -0.15) is 0 Å².